The highest BCUT2D eigenvalue weighted by molar-refractivity contribution is 5.90. The zero-order valence-corrected chi connectivity index (χ0v) is 10.6. The summed E-state index contributed by atoms with van der Waals surface area (Å²) in [7, 11) is 0. The summed E-state index contributed by atoms with van der Waals surface area (Å²) < 4.78 is 15.0. The molecule has 20 heavy (non-hydrogen) atoms. The van der Waals surface area contributed by atoms with Crippen LogP contribution < -0.4 is 0 Å². The van der Waals surface area contributed by atoms with E-state index in [2.05, 4.69) is 5.10 Å². The molecule has 0 fully saturated rings. The molecule has 0 aliphatic carbocycles. The summed E-state index contributed by atoms with van der Waals surface area (Å²) >= 11 is 0. The molecule has 0 bridgehead atoms. The minimum absolute atomic E-state index is 0.0113. The molecule has 104 valence electrons. The molecule has 0 saturated heterocycles. The van der Waals surface area contributed by atoms with Gasteiger partial charge in [-0.1, -0.05) is 0 Å². The first-order valence-corrected chi connectivity index (χ1v) is 5.56. The highest BCUT2D eigenvalue weighted by Gasteiger charge is 2.21. The summed E-state index contributed by atoms with van der Waals surface area (Å²) in [6.45, 7) is 2.99. The van der Waals surface area contributed by atoms with Gasteiger partial charge in [-0.15, -0.1) is 0 Å². The Hall–Kier alpha value is -2.77. The van der Waals surface area contributed by atoms with Crippen LogP contribution in [0.4, 0.5) is 10.1 Å². The van der Waals surface area contributed by atoms with Gasteiger partial charge in [-0.2, -0.15) is 5.10 Å². The number of hydrogen-bond acceptors (Lipinski definition) is 4. The van der Waals surface area contributed by atoms with Crippen molar-refractivity contribution in [3.05, 3.63) is 51.1 Å². The van der Waals surface area contributed by atoms with E-state index in [1.165, 1.54) is 19.9 Å². The van der Waals surface area contributed by atoms with E-state index in [0.717, 1.165) is 16.8 Å². The fraction of sp³-hybridized carbons (Fsp3) is 0.167. The maximum atomic E-state index is 13.9. The third kappa shape index (κ3) is 2.11. The lowest BCUT2D eigenvalue weighted by atomic mass is 10.2. The number of rotatable bonds is 3. The first-order chi connectivity index (χ1) is 9.32. The Balaban J connectivity index is 2.61. The van der Waals surface area contributed by atoms with E-state index in [1.54, 1.807) is 0 Å². The van der Waals surface area contributed by atoms with Gasteiger partial charge < -0.3 is 5.11 Å². The SMILES string of the molecule is Cc1nn(-c2ccc([N+](=O)[O-])cc2F)c(C)c1C(=O)O. The molecule has 0 aliphatic rings. The molecule has 7 nitrogen and oxygen atoms in total. The van der Waals surface area contributed by atoms with Gasteiger partial charge in [0.2, 0.25) is 0 Å². The Morgan fingerprint density at radius 2 is 2.10 bits per heavy atom. The average Bonchev–Trinajstić information content (AvgIpc) is 2.64. The molecule has 0 atom stereocenters. The minimum atomic E-state index is -1.16. The molecule has 0 amide bonds. The predicted molar refractivity (Wildman–Crippen MR) is 66.6 cm³/mol. The number of halogens is 1. The molecule has 2 aromatic rings. The van der Waals surface area contributed by atoms with Crippen LogP contribution in [-0.4, -0.2) is 25.8 Å². The van der Waals surface area contributed by atoms with E-state index in [-0.39, 0.29) is 28.3 Å². The second-order valence-corrected chi connectivity index (χ2v) is 4.16. The van der Waals surface area contributed by atoms with Gasteiger partial charge in [0.25, 0.3) is 5.69 Å². The van der Waals surface area contributed by atoms with Crippen LogP contribution in [0, 0.1) is 29.8 Å². The van der Waals surface area contributed by atoms with Crippen LogP contribution in [0.3, 0.4) is 0 Å². The van der Waals surface area contributed by atoms with Gasteiger partial charge in [-0.25, -0.2) is 13.9 Å². The van der Waals surface area contributed by atoms with Crippen LogP contribution in [0.15, 0.2) is 18.2 Å². The number of aromatic carboxylic acids is 1. The van der Waals surface area contributed by atoms with Crippen molar-refractivity contribution in [3.8, 4) is 5.69 Å². The second kappa shape index (κ2) is 4.72. The van der Waals surface area contributed by atoms with E-state index in [9.17, 15) is 19.3 Å². The van der Waals surface area contributed by atoms with Gasteiger partial charge in [0.1, 0.15) is 11.3 Å². The fourth-order valence-corrected chi connectivity index (χ4v) is 1.97. The van der Waals surface area contributed by atoms with Gasteiger partial charge in [0.05, 0.1) is 22.4 Å². The van der Waals surface area contributed by atoms with Crippen LogP contribution in [0.1, 0.15) is 21.7 Å². The molecule has 2 rings (SSSR count). The summed E-state index contributed by atoms with van der Waals surface area (Å²) in [6, 6.07) is 3.10. The minimum Gasteiger partial charge on any atom is -0.478 e. The molecular weight excluding hydrogens is 269 g/mol. The normalized spacial score (nSPS) is 10.6. The third-order valence-corrected chi connectivity index (χ3v) is 2.88. The van der Waals surface area contributed by atoms with Crippen LogP contribution in [-0.2, 0) is 0 Å². The predicted octanol–water partition coefficient (Wildman–Crippen LogP) is 2.23. The summed E-state index contributed by atoms with van der Waals surface area (Å²) in [4.78, 5) is 20.9. The number of carboxylic acid groups (broad SMARTS) is 1. The summed E-state index contributed by atoms with van der Waals surface area (Å²) in [5.41, 5.74) is 0.0631. The molecular formula is C12H10FN3O4. The van der Waals surface area contributed by atoms with Crippen molar-refractivity contribution in [1.82, 2.24) is 9.78 Å². The largest absolute Gasteiger partial charge is 0.478 e. The van der Waals surface area contributed by atoms with E-state index in [0.29, 0.717) is 0 Å². The lowest BCUT2D eigenvalue weighted by Gasteiger charge is -2.05. The van der Waals surface area contributed by atoms with E-state index in [1.807, 2.05) is 0 Å². The van der Waals surface area contributed by atoms with Gasteiger partial charge in [-0.05, 0) is 19.9 Å². The van der Waals surface area contributed by atoms with Crippen molar-refractivity contribution in [2.75, 3.05) is 0 Å². The van der Waals surface area contributed by atoms with Crippen molar-refractivity contribution < 1.29 is 19.2 Å². The average molecular weight is 279 g/mol. The highest BCUT2D eigenvalue weighted by Crippen LogP contribution is 2.23. The topological polar surface area (TPSA) is 98.3 Å². The molecule has 1 aromatic carbocycles. The van der Waals surface area contributed by atoms with Gasteiger partial charge in [0, 0.05) is 6.07 Å². The Morgan fingerprint density at radius 3 is 2.55 bits per heavy atom. The fourth-order valence-electron chi connectivity index (χ4n) is 1.97. The van der Waals surface area contributed by atoms with Crippen LogP contribution in [0.5, 0.6) is 0 Å². The van der Waals surface area contributed by atoms with Gasteiger partial charge >= 0.3 is 5.97 Å². The van der Waals surface area contributed by atoms with Crippen molar-refractivity contribution in [1.29, 1.82) is 0 Å². The molecule has 1 heterocycles. The smallest absolute Gasteiger partial charge is 0.339 e. The first kappa shape index (κ1) is 13.7. The standard InChI is InChI=1S/C12H10FN3O4/c1-6-11(12(17)18)7(2)15(14-6)10-4-3-8(16(19)20)5-9(10)13/h3-5H,1-2H3,(H,17,18). The number of benzene rings is 1. The van der Waals surface area contributed by atoms with Gasteiger partial charge in [0.15, 0.2) is 5.82 Å². The Labute approximate surface area is 112 Å². The quantitative estimate of drug-likeness (QED) is 0.686. The number of nitrogens with zero attached hydrogens (tertiary/aromatic N) is 3. The molecule has 1 aromatic heterocycles. The third-order valence-electron chi connectivity index (χ3n) is 2.88. The van der Waals surface area contributed by atoms with E-state index < -0.39 is 16.7 Å². The van der Waals surface area contributed by atoms with Crippen LogP contribution in [0.25, 0.3) is 5.69 Å². The zero-order valence-electron chi connectivity index (χ0n) is 10.6. The van der Waals surface area contributed by atoms with Gasteiger partial charge in [-0.3, -0.25) is 10.1 Å². The molecule has 0 saturated carbocycles. The number of non-ortho nitro benzene ring substituents is 1. The van der Waals surface area contributed by atoms with Crippen molar-refractivity contribution in [3.63, 3.8) is 0 Å². The number of carboxylic acids is 1. The molecule has 8 heteroatoms. The Morgan fingerprint density at radius 1 is 1.45 bits per heavy atom. The number of nitro benzene ring substituents is 1. The Kier molecular flexibility index (Phi) is 3.23. The van der Waals surface area contributed by atoms with Crippen LogP contribution in [0.2, 0.25) is 0 Å². The number of carbonyl (C=O) groups is 1. The first-order valence-electron chi connectivity index (χ1n) is 5.56. The second-order valence-electron chi connectivity index (χ2n) is 4.16. The number of aromatic nitrogens is 2. The summed E-state index contributed by atoms with van der Waals surface area (Å²) in [5.74, 6) is -2.00. The number of hydrogen-bond donors (Lipinski definition) is 1. The lowest BCUT2D eigenvalue weighted by molar-refractivity contribution is -0.385. The van der Waals surface area contributed by atoms with Crippen LogP contribution >= 0.6 is 0 Å². The number of aryl methyl sites for hydroxylation is 1. The summed E-state index contributed by atoms with van der Waals surface area (Å²) in [6.07, 6.45) is 0. The van der Waals surface area contributed by atoms with Crippen molar-refractivity contribution in [2.45, 2.75) is 13.8 Å². The number of nitro groups is 1. The monoisotopic (exact) mass is 279 g/mol. The van der Waals surface area contributed by atoms with E-state index >= 15 is 0 Å². The highest BCUT2D eigenvalue weighted by atomic mass is 19.1. The molecule has 0 radical (unpaired) electrons. The Bertz CT molecular complexity index is 724. The zero-order chi connectivity index (χ0) is 15.0. The van der Waals surface area contributed by atoms with Crippen molar-refractivity contribution >= 4 is 11.7 Å². The molecule has 0 unspecified atom stereocenters. The lowest BCUT2D eigenvalue weighted by Crippen LogP contribution is -2.05. The molecule has 1 N–H and O–H groups in total. The maximum absolute atomic E-state index is 13.9. The van der Waals surface area contributed by atoms with Crippen molar-refractivity contribution in [2.24, 2.45) is 0 Å². The molecule has 0 spiro atoms. The maximum Gasteiger partial charge on any atom is 0.339 e. The molecule has 0 aliphatic heterocycles. The summed E-state index contributed by atoms with van der Waals surface area (Å²) in [5, 5.41) is 23.6. The van der Waals surface area contributed by atoms with E-state index in [4.69, 9.17) is 5.11 Å².